The van der Waals surface area contributed by atoms with Crippen molar-refractivity contribution < 1.29 is 9.53 Å². The van der Waals surface area contributed by atoms with Crippen molar-refractivity contribution in [3.05, 3.63) is 0 Å². The zero-order valence-corrected chi connectivity index (χ0v) is 9.26. The van der Waals surface area contributed by atoms with Crippen molar-refractivity contribution in [2.45, 2.75) is 26.2 Å². The molecule has 1 fully saturated rings. The molecular formula is C10H13BrO2. The monoisotopic (exact) mass is 244 g/mol. The van der Waals surface area contributed by atoms with Gasteiger partial charge in [0.25, 0.3) is 0 Å². The molecule has 13 heavy (non-hydrogen) atoms. The summed E-state index contributed by atoms with van der Waals surface area (Å²) < 4.78 is 5.06. The van der Waals surface area contributed by atoms with Crippen LogP contribution in [0.2, 0.25) is 0 Å². The topological polar surface area (TPSA) is 26.3 Å². The van der Waals surface area contributed by atoms with Crippen LogP contribution in [-0.4, -0.2) is 12.6 Å². The molecule has 72 valence electrons. The van der Waals surface area contributed by atoms with Gasteiger partial charge in [-0.3, -0.25) is 4.79 Å². The summed E-state index contributed by atoms with van der Waals surface area (Å²) in [5.74, 6) is 3.83. The van der Waals surface area contributed by atoms with Crippen LogP contribution in [0.1, 0.15) is 26.2 Å². The fourth-order valence-corrected chi connectivity index (χ4v) is 1.45. The number of carbonyl (C=O) groups excluding carboxylic acids is 1. The van der Waals surface area contributed by atoms with E-state index in [2.05, 4.69) is 26.7 Å². The van der Waals surface area contributed by atoms with Crippen molar-refractivity contribution in [3.63, 3.8) is 0 Å². The maximum absolute atomic E-state index is 11.0. The van der Waals surface area contributed by atoms with Crippen LogP contribution in [-0.2, 0) is 9.53 Å². The summed E-state index contributed by atoms with van der Waals surface area (Å²) in [4.78, 5) is 13.7. The molecule has 0 heterocycles. The Morgan fingerprint density at radius 2 is 2.46 bits per heavy atom. The van der Waals surface area contributed by atoms with E-state index in [-0.39, 0.29) is 5.97 Å². The summed E-state index contributed by atoms with van der Waals surface area (Å²) >= 11 is 3.05. The lowest BCUT2D eigenvalue weighted by Gasteiger charge is -2.01. The Labute approximate surface area is 87.2 Å². The van der Waals surface area contributed by atoms with Crippen LogP contribution in [0.4, 0.5) is 0 Å². The van der Waals surface area contributed by atoms with E-state index in [1.807, 2.05) is 6.92 Å². The van der Waals surface area contributed by atoms with Gasteiger partial charge >= 0.3 is 5.97 Å². The van der Waals surface area contributed by atoms with E-state index in [1.165, 1.54) is 0 Å². The van der Waals surface area contributed by atoms with Gasteiger partial charge in [-0.15, -0.1) is 0 Å². The summed E-state index contributed by atoms with van der Waals surface area (Å²) in [7, 11) is 0. The third-order valence-electron chi connectivity index (χ3n) is 2.08. The highest BCUT2D eigenvalue weighted by atomic mass is 79.9. The molecule has 0 spiro atoms. The zero-order valence-electron chi connectivity index (χ0n) is 7.68. The average molecular weight is 245 g/mol. The molecule has 0 N–H and O–H groups in total. The number of carbonyl (C=O) groups is 1. The highest BCUT2D eigenvalue weighted by Gasteiger charge is 2.36. The molecule has 0 aromatic heterocycles. The summed E-state index contributed by atoms with van der Waals surface area (Å²) in [6, 6.07) is 0. The molecule has 0 aromatic rings. The van der Waals surface area contributed by atoms with Crippen molar-refractivity contribution in [3.8, 4) is 10.8 Å². The Morgan fingerprint density at radius 3 is 3.08 bits per heavy atom. The second kappa shape index (κ2) is 5.29. The lowest BCUT2D eigenvalue weighted by Crippen LogP contribution is -2.06. The van der Waals surface area contributed by atoms with Gasteiger partial charge in [-0.05, 0) is 17.7 Å². The Balaban J connectivity index is 2.07. The van der Waals surface area contributed by atoms with Gasteiger partial charge in [-0.1, -0.05) is 12.8 Å². The van der Waals surface area contributed by atoms with E-state index < -0.39 is 0 Å². The first-order chi connectivity index (χ1) is 6.27. The molecule has 2 atom stereocenters. The van der Waals surface area contributed by atoms with Crippen LogP contribution in [0.5, 0.6) is 0 Å². The molecule has 0 aromatic carbocycles. The molecule has 0 radical (unpaired) electrons. The fraction of sp³-hybridized carbons (Fsp3) is 0.700. The number of esters is 1. The minimum absolute atomic E-state index is 0.0834. The van der Waals surface area contributed by atoms with Crippen molar-refractivity contribution in [2.24, 2.45) is 11.8 Å². The van der Waals surface area contributed by atoms with Gasteiger partial charge in [0.05, 0.1) is 6.61 Å². The minimum atomic E-state index is -0.0834. The summed E-state index contributed by atoms with van der Waals surface area (Å²) in [6.07, 6.45) is 2.45. The maximum Gasteiger partial charge on any atom is 0.305 e. The van der Waals surface area contributed by atoms with Crippen LogP contribution in [0, 0.1) is 22.6 Å². The Hall–Kier alpha value is -0.490. The van der Waals surface area contributed by atoms with E-state index in [1.54, 1.807) is 0 Å². The molecule has 0 amide bonds. The first kappa shape index (κ1) is 10.6. The van der Waals surface area contributed by atoms with Gasteiger partial charge in [0.2, 0.25) is 0 Å². The molecule has 0 saturated heterocycles. The molecular weight excluding hydrogens is 232 g/mol. The van der Waals surface area contributed by atoms with Crippen LogP contribution in [0.25, 0.3) is 0 Å². The Bertz CT molecular complexity index is 239. The number of hydrogen-bond acceptors (Lipinski definition) is 2. The first-order valence-corrected chi connectivity index (χ1v) is 5.34. The van der Waals surface area contributed by atoms with Crippen LogP contribution in [0.15, 0.2) is 0 Å². The quantitative estimate of drug-likeness (QED) is 0.561. The second-order valence-electron chi connectivity index (χ2n) is 3.27. The minimum Gasteiger partial charge on any atom is -0.465 e. The highest BCUT2D eigenvalue weighted by molar-refractivity contribution is 9.12. The number of halogens is 1. The number of rotatable bonds is 4. The van der Waals surface area contributed by atoms with Gasteiger partial charge < -0.3 is 4.74 Å². The van der Waals surface area contributed by atoms with E-state index in [9.17, 15) is 4.79 Å². The van der Waals surface area contributed by atoms with Crippen molar-refractivity contribution in [1.29, 1.82) is 0 Å². The predicted octanol–water partition coefficient (Wildman–Crippen LogP) is 2.32. The molecule has 0 unspecified atom stereocenters. The Kier molecular flexibility index (Phi) is 4.31. The van der Waals surface area contributed by atoms with E-state index in [0.717, 1.165) is 12.8 Å². The molecule has 2 nitrogen and oxygen atoms in total. The van der Waals surface area contributed by atoms with Gasteiger partial charge in [-0.25, -0.2) is 0 Å². The molecule has 0 bridgehead atoms. The zero-order chi connectivity index (χ0) is 9.68. The lowest BCUT2D eigenvalue weighted by molar-refractivity contribution is -0.144. The predicted molar refractivity (Wildman–Crippen MR) is 54.2 cm³/mol. The first-order valence-electron chi connectivity index (χ1n) is 4.54. The summed E-state index contributed by atoms with van der Waals surface area (Å²) in [5.41, 5.74) is 0. The summed E-state index contributed by atoms with van der Waals surface area (Å²) in [6.45, 7) is 2.52. The van der Waals surface area contributed by atoms with Crippen molar-refractivity contribution in [2.75, 3.05) is 6.61 Å². The molecule has 1 aliphatic carbocycles. The third kappa shape index (κ3) is 3.82. The smallest absolute Gasteiger partial charge is 0.305 e. The second-order valence-corrected chi connectivity index (χ2v) is 3.67. The van der Waals surface area contributed by atoms with Crippen molar-refractivity contribution in [1.82, 2.24) is 0 Å². The maximum atomic E-state index is 11.0. The molecule has 1 aliphatic rings. The normalized spacial score (nSPS) is 24.5. The van der Waals surface area contributed by atoms with Crippen molar-refractivity contribution >= 4 is 21.9 Å². The third-order valence-corrected chi connectivity index (χ3v) is 2.30. The highest BCUT2D eigenvalue weighted by Crippen LogP contribution is 2.37. The van der Waals surface area contributed by atoms with Crippen LogP contribution >= 0.6 is 15.9 Å². The summed E-state index contributed by atoms with van der Waals surface area (Å²) in [5, 5.41) is 0. The Morgan fingerprint density at radius 1 is 1.69 bits per heavy atom. The van der Waals surface area contributed by atoms with Crippen LogP contribution in [0.3, 0.4) is 0 Å². The molecule has 0 aliphatic heterocycles. The molecule has 1 saturated carbocycles. The molecule has 3 heteroatoms. The van der Waals surface area contributed by atoms with Gasteiger partial charge in [0.15, 0.2) is 0 Å². The van der Waals surface area contributed by atoms with E-state index >= 15 is 0 Å². The largest absolute Gasteiger partial charge is 0.465 e. The van der Waals surface area contributed by atoms with Gasteiger partial charge in [0, 0.05) is 34.2 Å². The van der Waals surface area contributed by atoms with E-state index in [0.29, 0.717) is 24.9 Å². The van der Waals surface area contributed by atoms with Gasteiger partial charge in [0.1, 0.15) is 0 Å². The van der Waals surface area contributed by atoms with Crippen LogP contribution < -0.4 is 0 Å². The number of ether oxygens (including phenoxy) is 1. The SMILES string of the molecule is CCCC(=O)OC[C@@H]1C[C@@H]1C#CBr. The van der Waals surface area contributed by atoms with E-state index in [4.69, 9.17) is 4.74 Å². The standard InChI is InChI=1S/C10H13BrO2/c1-2-3-10(12)13-7-9-6-8(9)4-5-11/h8-9H,2-3,6-7H2,1H3/t8-,9-/m0/s1. The lowest BCUT2D eigenvalue weighted by atomic mass is 10.3. The van der Waals surface area contributed by atoms with Gasteiger partial charge in [-0.2, -0.15) is 0 Å². The number of hydrogen-bond donors (Lipinski definition) is 0. The average Bonchev–Trinajstić information content (AvgIpc) is 2.82. The molecule has 1 rings (SSSR count). The fourth-order valence-electron chi connectivity index (χ4n) is 1.15.